The van der Waals surface area contributed by atoms with Gasteiger partial charge in [0.15, 0.2) is 6.29 Å². The number of anilines is 1. The van der Waals surface area contributed by atoms with Gasteiger partial charge in [0.05, 0.1) is 30.9 Å². The minimum atomic E-state index is -1.02. The summed E-state index contributed by atoms with van der Waals surface area (Å²) >= 11 is 0. The Balaban J connectivity index is 1.04. The summed E-state index contributed by atoms with van der Waals surface area (Å²) in [7, 11) is 2.10. The van der Waals surface area contributed by atoms with Crippen LogP contribution in [0, 0.1) is 0 Å². The van der Waals surface area contributed by atoms with E-state index in [4.69, 9.17) is 14.2 Å². The van der Waals surface area contributed by atoms with Gasteiger partial charge in [0, 0.05) is 24.6 Å². The molecule has 2 aliphatic heterocycles. The van der Waals surface area contributed by atoms with Gasteiger partial charge in [0.1, 0.15) is 12.6 Å². The fourth-order valence-electron chi connectivity index (χ4n) is 6.94. The molecule has 272 valence electrons. The maximum Gasteiger partial charge on any atom is 0.408 e. The van der Waals surface area contributed by atoms with Gasteiger partial charge in [0.2, 0.25) is 5.91 Å². The molecule has 10 nitrogen and oxygen atoms in total. The van der Waals surface area contributed by atoms with Gasteiger partial charge in [-0.1, -0.05) is 103 Å². The first-order chi connectivity index (χ1) is 25.7. The third kappa shape index (κ3) is 8.32. The predicted octanol–water partition coefficient (Wildman–Crippen LogP) is 7.13. The monoisotopic (exact) mass is 713 g/mol. The highest BCUT2D eigenvalue weighted by Gasteiger charge is 2.41. The Hall–Kier alpha value is -5.39. The van der Waals surface area contributed by atoms with Crippen LogP contribution in [0.5, 0.6) is 0 Å². The van der Waals surface area contributed by atoms with Crippen molar-refractivity contribution in [3.05, 3.63) is 149 Å². The van der Waals surface area contributed by atoms with Gasteiger partial charge in [-0.2, -0.15) is 0 Å². The van der Waals surface area contributed by atoms with Crippen LogP contribution < -0.4 is 10.2 Å². The van der Waals surface area contributed by atoms with Crippen molar-refractivity contribution in [2.75, 3.05) is 18.5 Å². The summed E-state index contributed by atoms with van der Waals surface area (Å²) in [5.41, 5.74) is 4.95. The van der Waals surface area contributed by atoms with Gasteiger partial charge < -0.3 is 24.6 Å². The Bertz CT molecular complexity index is 2050. The number of ether oxygens (including phenoxy) is 3. The summed E-state index contributed by atoms with van der Waals surface area (Å²) in [5.74, 6) is -0.948. The fraction of sp³-hybridized carbons (Fsp3) is 0.279. The number of imide groups is 1. The molecular weight excluding hydrogens is 670 g/mol. The van der Waals surface area contributed by atoms with Crippen molar-refractivity contribution < 1.29 is 33.7 Å². The van der Waals surface area contributed by atoms with Gasteiger partial charge in [-0.25, -0.2) is 9.69 Å². The molecular formula is C43H43N3O7. The number of rotatable bonds is 11. The minimum Gasteiger partial charge on any atom is -0.445 e. The van der Waals surface area contributed by atoms with Gasteiger partial charge in [-0.05, 0) is 65.2 Å². The Morgan fingerprint density at radius 3 is 2.30 bits per heavy atom. The first-order valence-corrected chi connectivity index (χ1v) is 17.9. The molecule has 1 unspecified atom stereocenters. The van der Waals surface area contributed by atoms with Crippen molar-refractivity contribution >= 4 is 34.4 Å². The number of nitrogens with one attached hydrogen (secondary N) is 1. The van der Waals surface area contributed by atoms with Crippen LogP contribution in [0.15, 0.2) is 121 Å². The SMILES string of the molecule is C[C@H](c1ccc2ccccc2c1)N(C)C[C@@H]1C[C@H](c2ccc(CO)cc2)O[C@H](c2ccc(N3C(=O)CC(NC(=O)OCc4ccccc4)C3=O)cc2)O1. The number of nitrogens with zero attached hydrogens (tertiary/aromatic N) is 2. The van der Waals surface area contributed by atoms with Crippen LogP contribution in [-0.2, 0) is 37.0 Å². The molecule has 2 N–H and O–H groups in total. The van der Waals surface area contributed by atoms with Crippen molar-refractivity contribution in [2.45, 2.75) is 63.6 Å². The van der Waals surface area contributed by atoms with Crippen molar-refractivity contribution in [1.29, 1.82) is 0 Å². The molecule has 0 radical (unpaired) electrons. The van der Waals surface area contributed by atoms with E-state index in [1.807, 2.05) is 60.7 Å². The van der Waals surface area contributed by atoms with E-state index in [2.05, 4.69) is 60.6 Å². The number of carbonyl (C=O) groups is 3. The highest BCUT2D eigenvalue weighted by Crippen LogP contribution is 2.39. The molecule has 10 heteroatoms. The number of hydrogen-bond acceptors (Lipinski definition) is 8. The summed E-state index contributed by atoms with van der Waals surface area (Å²) in [6.45, 7) is 2.85. The molecule has 53 heavy (non-hydrogen) atoms. The molecule has 2 saturated heterocycles. The zero-order valence-electron chi connectivity index (χ0n) is 29.8. The van der Waals surface area contributed by atoms with Crippen molar-refractivity contribution in [2.24, 2.45) is 0 Å². The summed E-state index contributed by atoms with van der Waals surface area (Å²) < 4.78 is 18.4. The summed E-state index contributed by atoms with van der Waals surface area (Å²) in [4.78, 5) is 42.1. The molecule has 2 fully saturated rings. The number of alkyl carbamates (subject to hydrolysis) is 1. The Morgan fingerprint density at radius 1 is 0.868 bits per heavy atom. The number of aliphatic hydroxyl groups excluding tert-OH is 1. The second-order valence-corrected chi connectivity index (χ2v) is 13.7. The largest absolute Gasteiger partial charge is 0.445 e. The van der Waals surface area contributed by atoms with Crippen LogP contribution in [0.1, 0.15) is 66.0 Å². The second kappa shape index (κ2) is 16.1. The van der Waals surface area contributed by atoms with Crippen LogP contribution >= 0.6 is 0 Å². The van der Waals surface area contributed by atoms with E-state index < -0.39 is 30.2 Å². The molecule has 0 bridgehead atoms. The van der Waals surface area contributed by atoms with Gasteiger partial charge >= 0.3 is 6.09 Å². The molecule has 0 spiro atoms. The molecule has 5 aromatic carbocycles. The number of fused-ring (bicyclic) bond motifs is 1. The van der Waals surface area contributed by atoms with Gasteiger partial charge in [-0.15, -0.1) is 0 Å². The molecule has 2 aliphatic rings. The highest BCUT2D eigenvalue weighted by atomic mass is 16.7. The van der Waals surface area contributed by atoms with Crippen LogP contribution in [-0.4, -0.2) is 53.7 Å². The van der Waals surface area contributed by atoms with Crippen molar-refractivity contribution in [3.63, 3.8) is 0 Å². The van der Waals surface area contributed by atoms with Crippen molar-refractivity contribution in [3.8, 4) is 0 Å². The van der Waals surface area contributed by atoms with Crippen molar-refractivity contribution in [1.82, 2.24) is 10.2 Å². The molecule has 0 aromatic heterocycles. The Labute approximate surface area is 308 Å². The van der Waals surface area contributed by atoms with Crippen LogP contribution in [0.2, 0.25) is 0 Å². The fourth-order valence-corrected chi connectivity index (χ4v) is 6.94. The summed E-state index contributed by atoms with van der Waals surface area (Å²) in [6.07, 6.45) is -1.48. The van der Waals surface area contributed by atoms with Gasteiger partial charge in [-0.3, -0.25) is 14.5 Å². The van der Waals surface area contributed by atoms with Crippen LogP contribution in [0.3, 0.4) is 0 Å². The molecule has 3 amide bonds. The maximum absolute atomic E-state index is 13.3. The molecule has 0 saturated carbocycles. The lowest BCUT2D eigenvalue weighted by Crippen LogP contribution is -2.42. The lowest BCUT2D eigenvalue weighted by atomic mass is 9.98. The average Bonchev–Trinajstić information content (AvgIpc) is 3.47. The van der Waals surface area contributed by atoms with E-state index in [1.165, 1.54) is 16.3 Å². The Kier molecular flexibility index (Phi) is 10.9. The minimum absolute atomic E-state index is 0.0405. The topological polar surface area (TPSA) is 118 Å². The van der Waals surface area contributed by atoms with Crippen LogP contribution in [0.4, 0.5) is 10.5 Å². The summed E-state index contributed by atoms with van der Waals surface area (Å²) in [5, 5.41) is 14.5. The van der Waals surface area contributed by atoms with Crippen LogP contribution in [0.25, 0.3) is 10.8 Å². The first kappa shape index (κ1) is 36.0. The first-order valence-electron chi connectivity index (χ1n) is 17.9. The lowest BCUT2D eigenvalue weighted by molar-refractivity contribution is -0.253. The average molecular weight is 714 g/mol. The lowest BCUT2D eigenvalue weighted by Gasteiger charge is -2.39. The number of amides is 3. The second-order valence-electron chi connectivity index (χ2n) is 13.7. The van der Waals surface area contributed by atoms with Gasteiger partial charge in [0.25, 0.3) is 5.91 Å². The Morgan fingerprint density at radius 2 is 1.57 bits per heavy atom. The summed E-state index contributed by atoms with van der Waals surface area (Å²) in [6, 6.07) is 38.0. The third-order valence-electron chi connectivity index (χ3n) is 10.1. The quantitative estimate of drug-likeness (QED) is 0.139. The predicted molar refractivity (Wildman–Crippen MR) is 201 cm³/mol. The van der Waals surface area contributed by atoms with E-state index in [0.29, 0.717) is 18.7 Å². The van der Waals surface area contributed by atoms with E-state index in [0.717, 1.165) is 27.2 Å². The van der Waals surface area contributed by atoms with E-state index in [-0.39, 0.29) is 37.9 Å². The smallest absolute Gasteiger partial charge is 0.408 e. The van der Waals surface area contributed by atoms with E-state index in [1.54, 1.807) is 24.3 Å². The van der Waals surface area contributed by atoms with E-state index in [9.17, 15) is 19.5 Å². The number of hydrogen-bond donors (Lipinski definition) is 2. The number of aliphatic hydroxyl groups is 1. The number of benzene rings is 5. The molecule has 2 heterocycles. The standard InChI is InChI=1S/C43H43N3O7/c1-28(34-17-16-31-10-6-7-11-35(31)22-34)45(2)25-37-23-39(32-14-12-29(26-47)13-15-32)53-42(52-37)33-18-20-36(21-19-33)46-40(48)24-38(41(46)49)44-43(50)51-27-30-8-4-3-5-9-30/h3-22,28,37-39,42,47H,23-27H2,1-2H3,(H,44,50)/t28-,37+,38?,39-,42-/m1/s1. The molecule has 7 rings (SSSR count). The zero-order valence-corrected chi connectivity index (χ0v) is 29.8. The maximum atomic E-state index is 13.3. The molecule has 5 atom stereocenters. The number of carbonyl (C=O) groups excluding carboxylic acids is 3. The zero-order chi connectivity index (χ0) is 36.9. The molecule has 0 aliphatic carbocycles. The number of likely N-dealkylation sites (N-methyl/N-ethyl adjacent to an activating group) is 1. The molecule has 5 aromatic rings. The highest BCUT2D eigenvalue weighted by molar-refractivity contribution is 6.22. The third-order valence-corrected chi connectivity index (χ3v) is 10.1. The normalized spacial score (nSPS) is 20.9. The van der Waals surface area contributed by atoms with E-state index >= 15 is 0 Å².